The molecule has 1 aromatic carbocycles. The molecule has 0 atom stereocenters. The van der Waals surface area contributed by atoms with Crippen LogP contribution in [-0.2, 0) is 4.79 Å². The molecule has 5 nitrogen and oxygen atoms in total. The molecule has 0 radical (unpaired) electrons. The number of anilines is 2. The number of para-hydroxylation sites is 1. The van der Waals surface area contributed by atoms with Crippen LogP contribution in [0.3, 0.4) is 0 Å². The minimum atomic E-state index is -0.285. The fourth-order valence-electron chi connectivity index (χ4n) is 2.53. The Kier molecular flexibility index (Phi) is 4.97. The van der Waals surface area contributed by atoms with Gasteiger partial charge in [-0.3, -0.25) is 9.20 Å². The third kappa shape index (κ3) is 3.62. The van der Waals surface area contributed by atoms with Crippen molar-refractivity contribution in [3.05, 3.63) is 64.5 Å². The van der Waals surface area contributed by atoms with Gasteiger partial charge in [0, 0.05) is 26.4 Å². The van der Waals surface area contributed by atoms with E-state index in [1.54, 1.807) is 24.3 Å². The number of imidazole rings is 1. The monoisotopic (exact) mass is 374 g/mol. The fraction of sp³-hybridized carbons (Fsp3) is 0.111. The first kappa shape index (κ1) is 17.3. The summed E-state index contributed by atoms with van der Waals surface area (Å²) >= 11 is 12.4. The molecule has 3 rings (SSSR count). The highest BCUT2D eigenvalue weighted by Crippen LogP contribution is 2.32. The van der Waals surface area contributed by atoms with E-state index in [4.69, 9.17) is 23.2 Å². The minimum Gasteiger partial charge on any atom is -0.375 e. The first-order valence-corrected chi connectivity index (χ1v) is 8.30. The van der Waals surface area contributed by atoms with Gasteiger partial charge in [0.25, 0.3) is 0 Å². The highest BCUT2D eigenvalue weighted by Gasteiger charge is 2.11. The molecule has 0 unspecified atom stereocenters. The molecular formula is C18H16Cl2N4O. The summed E-state index contributed by atoms with van der Waals surface area (Å²) in [5, 5.41) is 3.74. The van der Waals surface area contributed by atoms with Crippen LogP contribution in [0.15, 0.2) is 48.7 Å². The largest absolute Gasteiger partial charge is 0.375 e. The number of amides is 1. The summed E-state index contributed by atoms with van der Waals surface area (Å²) < 4.78 is 1.82. The number of halogens is 2. The van der Waals surface area contributed by atoms with E-state index >= 15 is 0 Å². The van der Waals surface area contributed by atoms with Crippen molar-refractivity contribution in [3.8, 4) is 0 Å². The Bertz CT molecular complexity index is 963. The van der Waals surface area contributed by atoms with Gasteiger partial charge in [0.2, 0.25) is 5.91 Å². The van der Waals surface area contributed by atoms with Gasteiger partial charge in [-0.15, -0.1) is 0 Å². The predicted molar refractivity (Wildman–Crippen MR) is 104 cm³/mol. The fourth-order valence-corrected chi connectivity index (χ4v) is 3.12. The maximum absolute atomic E-state index is 12.3. The Morgan fingerprint density at radius 3 is 2.76 bits per heavy atom. The van der Waals surface area contributed by atoms with Crippen LogP contribution in [-0.4, -0.2) is 29.4 Å². The first-order chi connectivity index (χ1) is 12.0. The number of carbonyl (C=O) groups excluding carboxylic acids is 1. The topological polar surface area (TPSA) is 49.6 Å². The molecule has 1 amide bonds. The van der Waals surface area contributed by atoms with Crippen molar-refractivity contribution < 1.29 is 4.79 Å². The van der Waals surface area contributed by atoms with Crippen LogP contribution in [0.2, 0.25) is 10.2 Å². The van der Waals surface area contributed by atoms with Crippen molar-refractivity contribution in [1.82, 2.24) is 9.38 Å². The number of pyridine rings is 1. The van der Waals surface area contributed by atoms with E-state index < -0.39 is 0 Å². The number of rotatable bonds is 4. The van der Waals surface area contributed by atoms with Crippen molar-refractivity contribution in [2.75, 3.05) is 24.3 Å². The quantitative estimate of drug-likeness (QED) is 0.690. The molecule has 0 saturated carbocycles. The number of hydrogen-bond donors (Lipinski definition) is 1. The van der Waals surface area contributed by atoms with E-state index in [-0.39, 0.29) is 5.91 Å². The van der Waals surface area contributed by atoms with Crippen LogP contribution in [0.1, 0.15) is 5.69 Å². The molecule has 0 aliphatic heterocycles. The van der Waals surface area contributed by atoms with Crippen molar-refractivity contribution >= 4 is 52.2 Å². The van der Waals surface area contributed by atoms with Crippen LogP contribution >= 0.6 is 23.2 Å². The van der Waals surface area contributed by atoms with E-state index in [2.05, 4.69) is 10.3 Å². The second kappa shape index (κ2) is 7.17. The normalized spacial score (nSPS) is 11.2. The van der Waals surface area contributed by atoms with Gasteiger partial charge >= 0.3 is 0 Å². The number of benzene rings is 1. The predicted octanol–water partition coefficient (Wildman–Crippen LogP) is 4.36. The Balaban J connectivity index is 1.85. The molecule has 3 aromatic rings. The Labute approximate surface area is 155 Å². The number of carbonyl (C=O) groups is 1. The van der Waals surface area contributed by atoms with Gasteiger partial charge in [-0.2, -0.15) is 0 Å². The van der Waals surface area contributed by atoms with Crippen LogP contribution in [0.25, 0.3) is 11.7 Å². The first-order valence-electron chi connectivity index (χ1n) is 7.55. The summed E-state index contributed by atoms with van der Waals surface area (Å²) in [5.41, 5.74) is 2.75. The van der Waals surface area contributed by atoms with Crippen LogP contribution in [0.5, 0.6) is 0 Å². The summed E-state index contributed by atoms with van der Waals surface area (Å²) in [7, 11) is 3.73. The second-order valence-electron chi connectivity index (χ2n) is 5.57. The van der Waals surface area contributed by atoms with Crippen LogP contribution < -0.4 is 10.2 Å². The summed E-state index contributed by atoms with van der Waals surface area (Å²) in [4.78, 5) is 18.4. The third-order valence-corrected chi connectivity index (χ3v) is 4.19. The lowest BCUT2D eigenvalue weighted by atomic mass is 10.2. The molecule has 0 aliphatic rings. The number of aromatic nitrogens is 2. The smallest absolute Gasteiger partial charge is 0.248 e. The van der Waals surface area contributed by atoms with E-state index in [1.165, 1.54) is 6.08 Å². The Morgan fingerprint density at radius 1 is 1.20 bits per heavy atom. The van der Waals surface area contributed by atoms with Crippen LogP contribution in [0.4, 0.5) is 11.4 Å². The molecule has 0 aliphatic carbocycles. The van der Waals surface area contributed by atoms with Crippen molar-refractivity contribution in [1.29, 1.82) is 0 Å². The average Bonchev–Trinajstić information content (AvgIpc) is 2.88. The highest BCUT2D eigenvalue weighted by molar-refractivity contribution is 6.34. The van der Waals surface area contributed by atoms with E-state index in [0.29, 0.717) is 21.6 Å². The molecule has 128 valence electrons. The van der Waals surface area contributed by atoms with Gasteiger partial charge in [0.1, 0.15) is 5.65 Å². The summed E-state index contributed by atoms with van der Waals surface area (Å²) in [6.45, 7) is 0. The van der Waals surface area contributed by atoms with Gasteiger partial charge in [-0.1, -0.05) is 35.3 Å². The van der Waals surface area contributed by atoms with E-state index in [9.17, 15) is 4.79 Å². The molecule has 25 heavy (non-hydrogen) atoms. The standard InChI is InChI=1S/C18H16Cl2N4O/c1-23(2)17-12(19)6-5-7-13(17)21-16(25)10-9-14-18(20)22-15-8-3-4-11-24(14)15/h3-11H,1-2H3,(H,21,25). The number of hydrogen-bond acceptors (Lipinski definition) is 3. The number of nitrogens with one attached hydrogen (secondary N) is 1. The average molecular weight is 375 g/mol. The molecule has 2 aromatic heterocycles. The van der Waals surface area contributed by atoms with Gasteiger partial charge in [0.05, 0.1) is 22.1 Å². The van der Waals surface area contributed by atoms with Crippen molar-refractivity contribution in [3.63, 3.8) is 0 Å². The molecule has 2 heterocycles. The Hall–Kier alpha value is -2.50. The number of fused-ring (bicyclic) bond motifs is 1. The maximum atomic E-state index is 12.3. The lowest BCUT2D eigenvalue weighted by Gasteiger charge is -2.18. The number of nitrogens with zero attached hydrogens (tertiary/aromatic N) is 3. The van der Waals surface area contributed by atoms with E-state index in [0.717, 1.165) is 11.3 Å². The zero-order chi connectivity index (χ0) is 18.0. The molecule has 7 heteroatoms. The molecule has 0 saturated heterocycles. The van der Waals surface area contributed by atoms with E-state index in [1.807, 2.05) is 47.8 Å². The van der Waals surface area contributed by atoms with Gasteiger partial charge in [-0.05, 0) is 30.3 Å². The molecule has 1 N–H and O–H groups in total. The van der Waals surface area contributed by atoms with Gasteiger partial charge in [0.15, 0.2) is 5.15 Å². The molecule has 0 spiro atoms. The van der Waals surface area contributed by atoms with Crippen molar-refractivity contribution in [2.45, 2.75) is 0 Å². The molecule has 0 bridgehead atoms. The third-order valence-electron chi connectivity index (χ3n) is 3.61. The van der Waals surface area contributed by atoms with Gasteiger partial charge < -0.3 is 10.2 Å². The lowest BCUT2D eigenvalue weighted by Crippen LogP contribution is -2.15. The zero-order valence-corrected chi connectivity index (χ0v) is 15.2. The summed E-state index contributed by atoms with van der Waals surface area (Å²) in [6, 6.07) is 11.0. The summed E-state index contributed by atoms with van der Waals surface area (Å²) in [6.07, 6.45) is 4.90. The second-order valence-corrected chi connectivity index (χ2v) is 6.33. The zero-order valence-electron chi connectivity index (χ0n) is 13.7. The minimum absolute atomic E-state index is 0.285. The maximum Gasteiger partial charge on any atom is 0.248 e. The summed E-state index contributed by atoms with van der Waals surface area (Å²) in [5.74, 6) is -0.285. The highest BCUT2D eigenvalue weighted by atomic mass is 35.5. The molecular weight excluding hydrogens is 359 g/mol. The van der Waals surface area contributed by atoms with Crippen molar-refractivity contribution in [2.24, 2.45) is 0 Å². The SMILES string of the molecule is CN(C)c1c(Cl)cccc1NC(=O)C=Cc1c(Cl)nc2ccccn12. The Morgan fingerprint density at radius 2 is 2.00 bits per heavy atom. The van der Waals surface area contributed by atoms with Gasteiger partial charge in [-0.25, -0.2) is 4.98 Å². The molecule has 0 fully saturated rings. The lowest BCUT2D eigenvalue weighted by molar-refractivity contribution is -0.111. The van der Waals surface area contributed by atoms with Crippen LogP contribution in [0, 0.1) is 0 Å².